The van der Waals surface area contributed by atoms with E-state index >= 15 is 0 Å². The number of fused-ring (bicyclic) bond motifs is 5. The van der Waals surface area contributed by atoms with E-state index in [9.17, 15) is 32.7 Å². The minimum absolute atomic E-state index is 0.0190. The molecule has 3 heterocycles. The quantitative estimate of drug-likeness (QED) is 0.724. The Labute approximate surface area is 186 Å². The smallest absolute Gasteiger partial charge is 0.278 e. The summed E-state index contributed by atoms with van der Waals surface area (Å²) in [6.07, 6.45) is 2.12. The van der Waals surface area contributed by atoms with Gasteiger partial charge in [0.25, 0.3) is 11.8 Å². The lowest BCUT2D eigenvalue weighted by atomic mass is 10.1. The molecule has 0 spiro atoms. The maximum atomic E-state index is 13.9. The SMILES string of the molecule is C[C@H]1[C@@H]2C[C@@H]2[C@H](C)N2CN1C(=O)c1c(O)c(=O)c(C(=O)NCc3c(F)cc(F)cc3F)cn12. The van der Waals surface area contributed by atoms with E-state index in [0.717, 1.165) is 6.42 Å². The van der Waals surface area contributed by atoms with Gasteiger partial charge < -0.3 is 15.3 Å². The molecule has 1 aromatic carbocycles. The van der Waals surface area contributed by atoms with Crippen LogP contribution < -0.4 is 15.8 Å². The number of carbonyl (C=O) groups is 2. The first-order valence-corrected chi connectivity index (χ1v) is 10.6. The Kier molecular flexibility index (Phi) is 4.69. The fourth-order valence-corrected chi connectivity index (χ4v) is 5.02. The van der Waals surface area contributed by atoms with Crippen LogP contribution in [0.2, 0.25) is 0 Å². The number of nitrogens with zero attached hydrogens (tertiary/aromatic N) is 3. The number of rotatable bonds is 3. The molecule has 2 aromatic rings. The van der Waals surface area contributed by atoms with E-state index in [1.165, 1.54) is 10.9 Å². The molecule has 1 saturated heterocycles. The number of aromatic nitrogens is 1. The fraction of sp³-hybridized carbons (Fsp3) is 0.409. The molecular weight excluding hydrogens is 441 g/mol. The molecule has 2 N–H and O–H groups in total. The molecule has 33 heavy (non-hydrogen) atoms. The summed E-state index contributed by atoms with van der Waals surface area (Å²) in [6.45, 7) is 3.51. The molecule has 1 saturated carbocycles. The number of hydrogen-bond donors (Lipinski definition) is 2. The van der Waals surface area contributed by atoms with Crippen molar-refractivity contribution >= 4 is 11.8 Å². The molecule has 2 aliphatic heterocycles. The van der Waals surface area contributed by atoms with Crippen molar-refractivity contribution < 1.29 is 27.9 Å². The molecule has 4 atom stereocenters. The van der Waals surface area contributed by atoms with Gasteiger partial charge in [0.05, 0.1) is 0 Å². The third kappa shape index (κ3) is 3.17. The lowest BCUT2D eigenvalue weighted by Gasteiger charge is -2.43. The van der Waals surface area contributed by atoms with Crippen molar-refractivity contribution in [2.24, 2.45) is 11.8 Å². The lowest BCUT2D eigenvalue weighted by Crippen LogP contribution is -2.58. The summed E-state index contributed by atoms with van der Waals surface area (Å²) in [5, 5.41) is 14.6. The molecule has 8 nitrogen and oxygen atoms in total. The van der Waals surface area contributed by atoms with Gasteiger partial charge in [0.15, 0.2) is 11.4 Å². The Hall–Kier alpha value is -3.50. The fourth-order valence-electron chi connectivity index (χ4n) is 5.02. The van der Waals surface area contributed by atoms with Crippen molar-refractivity contribution in [2.75, 3.05) is 11.7 Å². The zero-order valence-corrected chi connectivity index (χ0v) is 17.8. The third-order valence-corrected chi connectivity index (χ3v) is 7.07. The normalized spacial score (nSPS) is 25.3. The van der Waals surface area contributed by atoms with E-state index in [1.54, 1.807) is 4.90 Å². The third-order valence-electron chi connectivity index (χ3n) is 7.07. The molecule has 2 bridgehead atoms. The van der Waals surface area contributed by atoms with Gasteiger partial charge >= 0.3 is 0 Å². The average Bonchev–Trinajstić information content (AvgIpc) is 3.55. The molecule has 11 heteroatoms. The van der Waals surface area contributed by atoms with Crippen LogP contribution in [0.1, 0.15) is 46.7 Å². The molecule has 0 unspecified atom stereocenters. The zero-order valence-electron chi connectivity index (χ0n) is 17.8. The van der Waals surface area contributed by atoms with Crippen LogP contribution in [0.25, 0.3) is 0 Å². The average molecular weight is 462 g/mol. The largest absolute Gasteiger partial charge is 0.502 e. The maximum absolute atomic E-state index is 13.9. The molecule has 2 fully saturated rings. The monoisotopic (exact) mass is 462 g/mol. The number of aromatic hydroxyl groups is 1. The molecule has 0 radical (unpaired) electrons. The van der Waals surface area contributed by atoms with Crippen LogP contribution in [0, 0.1) is 29.3 Å². The van der Waals surface area contributed by atoms with Crippen LogP contribution in [0.5, 0.6) is 5.75 Å². The highest BCUT2D eigenvalue weighted by Gasteiger charge is 2.54. The van der Waals surface area contributed by atoms with Crippen LogP contribution in [0.3, 0.4) is 0 Å². The van der Waals surface area contributed by atoms with Crippen molar-refractivity contribution in [1.82, 2.24) is 14.9 Å². The van der Waals surface area contributed by atoms with Gasteiger partial charge in [-0.05, 0) is 32.1 Å². The Morgan fingerprint density at radius 1 is 1.12 bits per heavy atom. The van der Waals surface area contributed by atoms with Crippen LogP contribution in [-0.2, 0) is 6.54 Å². The molecule has 2 amide bonds. The van der Waals surface area contributed by atoms with Crippen LogP contribution in [0.15, 0.2) is 23.1 Å². The summed E-state index contributed by atoms with van der Waals surface area (Å²) in [6, 6.07) is 0.888. The van der Waals surface area contributed by atoms with Crippen LogP contribution in [-0.4, -0.2) is 45.2 Å². The summed E-state index contributed by atoms with van der Waals surface area (Å²) in [5.41, 5.74) is -2.36. The molecule has 174 valence electrons. The van der Waals surface area contributed by atoms with Crippen molar-refractivity contribution in [3.63, 3.8) is 0 Å². The minimum atomic E-state index is -1.19. The Bertz CT molecular complexity index is 1240. The van der Waals surface area contributed by atoms with E-state index in [0.29, 0.717) is 24.0 Å². The van der Waals surface area contributed by atoms with Gasteiger partial charge in [-0.25, -0.2) is 13.2 Å². The molecular formula is C22H21F3N4O4. The summed E-state index contributed by atoms with van der Waals surface area (Å²) >= 11 is 0. The standard InChI is InChI=1S/C22H21F3N4O4/c1-9-12-5-13(12)10(2)29-8-27(9)22(33)18-20(31)19(30)15(7-28(18)29)21(32)26-6-14-16(24)3-11(23)4-17(14)25/h3-4,7,9-10,12-13,31H,5-6,8H2,1-2H3,(H,26,32)/t9-,10-,12-,13+/m0/s1. The van der Waals surface area contributed by atoms with Gasteiger partial charge in [-0.2, -0.15) is 0 Å². The lowest BCUT2D eigenvalue weighted by molar-refractivity contribution is 0.0605. The van der Waals surface area contributed by atoms with Gasteiger partial charge in [-0.3, -0.25) is 24.1 Å². The number of benzene rings is 1. The second-order valence-electron chi connectivity index (χ2n) is 8.84. The van der Waals surface area contributed by atoms with Crippen LogP contribution in [0.4, 0.5) is 13.2 Å². The van der Waals surface area contributed by atoms with Crippen molar-refractivity contribution in [1.29, 1.82) is 0 Å². The number of hydrogen-bond acceptors (Lipinski definition) is 5. The summed E-state index contributed by atoms with van der Waals surface area (Å²) in [7, 11) is 0. The number of amides is 2. The first-order chi connectivity index (χ1) is 15.6. The summed E-state index contributed by atoms with van der Waals surface area (Å²) < 4.78 is 42.2. The van der Waals surface area contributed by atoms with Crippen LogP contribution >= 0.6 is 0 Å². The van der Waals surface area contributed by atoms with Crippen molar-refractivity contribution in [3.8, 4) is 5.75 Å². The Morgan fingerprint density at radius 3 is 2.42 bits per heavy atom. The molecule has 3 aliphatic rings. The van der Waals surface area contributed by atoms with Gasteiger partial charge in [0.2, 0.25) is 5.43 Å². The first kappa shape index (κ1) is 21.4. The number of nitrogens with one attached hydrogen (secondary N) is 1. The Balaban J connectivity index is 1.51. The number of pyridine rings is 1. The molecule has 1 aromatic heterocycles. The molecule has 5 rings (SSSR count). The number of halogens is 3. The van der Waals surface area contributed by atoms with Crippen molar-refractivity contribution in [2.45, 2.75) is 38.9 Å². The highest BCUT2D eigenvalue weighted by Crippen LogP contribution is 2.49. The topological polar surface area (TPSA) is 94.9 Å². The highest BCUT2D eigenvalue weighted by atomic mass is 19.1. The zero-order chi connectivity index (χ0) is 23.8. The maximum Gasteiger partial charge on any atom is 0.278 e. The van der Waals surface area contributed by atoms with Gasteiger partial charge in [0.1, 0.15) is 29.7 Å². The summed E-state index contributed by atoms with van der Waals surface area (Å²) in [4.78, 5) is 40.2. The summed E-state index contributed by atoms with van der Waals surface area (Å²) in [5.74, 6) is -5.19. The highest BCUT2D eigenvalue weighted by molar-refractivity contribution is 5.99. The van der Waals surface area contributed by atoms with Crippen molar-refractivity contribution in [3.05, 3.63) is 62.8 Å². The van der Waals surface area contributed by atoms with E-state index < -0.39 is 58.1 Å². The van der Waals surface area contributed by atoms with Gasteiger partial charge in [-0.1, -0.05) is 0 Å². The first-order valence-electron chi connectivity index (χ1n) is 10.6. The minimum Gasteiger partial charge on any atom is -0.502 e. The Morgan fingerprint density at radius 2 is 1.76 bits per heavy atom. The van der Waals surface area contributed by atoms with E-state index in [-0.39, 0.29) is 24.4 Å². The predicted octanol–water partition coefficient (Wildman–Crippen LogP) is 1.68. The molecule has 1 aliphatic carbocycles. The van der Waals surface area contributed by atoms with Gasteiger partial charge in [-0.15, -0.1) is 0 Å². The van der Waals surface area contributed by atoms with E-state index in [2.05, 4.69) is 5.32 Å². The van der Waals surface area contributed by atoms with E-state index in [1.807, 2.05) is 18.9 Å². The van der Waals surface area contributed by atoms with E-state index in [4.69, 9.17) is 0 Å². The second-order valence-corrected chi connectivity index (χ2v) is 8.84. The van der Waals surface area contributed by atoms with Gasteiger partial charge in [0, 0.05) is 42.5 Å². The second kappa shape index (κ2) is 7.26. The number of carbonyl (C=O) groups excluding carboxylic acids is 2. The predicted molar refractivity (Wildman–Crippen MR) is 110 cm³/mol.